The Kier molecular flexibility index (Phi) is 4.56. The highest BCUT2D eigenvalue weighted by atomic mass is 16.6. The van der Waals surface area contributed by atoms with Gasteiger partial charge in [-0.25, -0.2) is 4.79 Å². The predicted octanol–water partition coefficient (Wildman–Crippen LogP) is 2.56. The van der Waals surface area contributed by atoms with Gasteiger partial charge in [-0.3, -0.25) is 9.69 Å². The summed E-state index contributed by atoms with van der Waals surface area (Å²) in [4.78, 5) is 24.3. The van der Waals surface area contributed by atoms with Gasteiger partial charge in [-0.2, -0.15) is 0 Å². The topological polar surface area (TPSA) is 72.6 Å². The smallest absolute Gasteiger partial charge is 0.414 e. The van der Waals surface area contributed by atoms with Crippen molar-refractivity contribution in [1.82, 2.24) is 0 Å². The molecular formula is C16H16N2O3. The standard InChI is InChI=1S/C16H16N2O3/c1-18(14-9-7-13(8-10-14)15(17)19)16(20)21-11-12-5-3-2-4-6-12/h2-10H,11H2,1H3,(H2,17,19). The van der Waals surface area contributed by atoms with Crippen molar-refractivity contribution in [3.05, 3.63) is 65.7 Å². The number of carbonyl (C=O) groups is 2. The van der Waals surface area contributed by atoms with Gasteiger partial charge in [0.05, 0.1) is 0 Å². The summed E-state index contributed by atoms with van der Waals surface area (Å²) in [6.07, 6.45) is -0.467. The van der Waals surface area contributed by atoms with Crippen LogP contribution in [0.4, 0.5) is 10.5 Å². The van der Waals surface area contributed by atoms with E-state index < -0.39 is 12.0 Å². The number of anilines is 1. The molecule has 0 radical (unpaired) electrons. The fourth-order valence-electron chi connectivity index (χ4n) is 1.77. The summed E-state index contributed by atoms with van der Waals surface area (Å²) in [6.45, 7) is 0.212. The fraction of sp³-hybridized carbons (Fsp3) is 0.125. The second-order valence-electron chi connectivity index (χ2n) is 4.51. The number of nitrogens with two attached hydrogens (primary N) is 1. The summed E-state index contributed by atoms with van der Waals surface area (Å²) >= 11 is 0. The highest BCUT2D eigenvalue weighted by Gasteiger charge is 2.12. The third kappa shape index (κ3) is 3.82. The van der Waals surface area contributed by atoms with Crippen molar-refractivity contribution in [2.45, 2.75) is 6.61 Å². The van der Waals surface area contributed by atoms with E-state index in [2.05, 4.69) is 0 Å². The zero-order valence-corrected chi connectivity index (χ0v) is 11.7. The Morgan fingerprint density at radius 1 is 1.05 bits per heavy atom. The molecule has 0 saturated carbocycles. The summed E-state index contributed by atoms with van der Waals surface area (Å²) < 4.78 is 5.22. The van der Waals surface area contributed by atoms with Crippen LogP contribution in [0, 0.1) is 0 Å². The van der Waals surface area contributed by atoms with Gasteiger partial charge in [0.2, 0.25) is 5.91 Å². The molecule has 2 N–H and O–H groups in total. The summed E-state index contributed by atoms with van der Waals surface area (Å²) in [6, 6.07) is 15.9. The van der Waals surface area contributed by atoms with Gasteiger partial charge in [0.1, 0.15) is 6.61 Å². The van der Waals surface area contributed by atoms with Gasteiger partial charge in [-0.1, -0.05) is 30.3 Å². The van der Waals surface area contributed by atoms with Crippen molar-refractivity contribution in [2.75, 3.05) is 11.9 Å². The number of carbonyl (C=O) groups excluding carboxylic acids is 2. The molecule has 5 heteroatoms. The molecule has 0 spiro atoms. The molecule has 2 aromatic rings. The molecule has 108 valence electrons. The number of hydrogen-bond donors (Lipinski definition) is 1. The van der Waals surface area contributed by atoms with Gasteiger partial charge in [0, 0.05) is 18.3 Å². The lowest BCUT2D eigenvalue weighted by molar-refractivity contribution is 0.100. The van der Waals surface area contributed by atoms with Gasteiger partial charge in [-0.05, 0) is 29.8 Å². The first-order valence-electron chi connectivity index (χ1n) is 6.42. The first kappa shape index (κ1) is 14.6. The second-order valence-corrected chi connectivity index (χ2v) is 4.51. The summed E-state index contributed by atoms with van der Waals surface area (Å²) in [5.41, 5.74) is 7.10. The molecule has 0 heterocycles. The Morgan fingerprint density at radius 3 is 2.24 bits per heavy atom. The quantitative estimate of drug-likeness (QED) is 0.937. The molecule has 2 amide bonds. The molecule has 0 unspecified atom stereocenters. The lowest BCUT2D eigenvalue weighted by atomic mass is 10.2. The van der Waals surface area contributed by atoms with E-state index in [0.29, 0.717) is 11.3 Å². The van der Waals surface area contributed by atoms with Crippen molar-refractivity contribution < 1.29 is 14.3 Å². The number of primary amides is 1. The Labute approximate surface area is 122 Å². The van der Waals surface area contributed by atoms with Gasteiger partial charge in [-0.15, -0.1) is 0 Å². The van der Waals surface area contributed by atoms with E-state index in [4.69, 9.17) is 10.5 Å². The van der Waals surface area contributed by atoms with Crippen molar-refractivity contribution in [3.8, 4) is 0 Å². The maximum absolute atomic E-state index is 11.9. The van der Waals surface area contributed by atoms with Crippen molar-refractivity contribution in [2.24, 2.45) is 5.73 Å². The molecule has 0 atom stereocenters. The number of rotatable bonds is 4. The summed E-state index contributed by atoms with van der Waals surface area (Å²) in [5, 5.41) is 0. The fourth-order valence-corrected chi connectivity index (χ4v) is 1.77. The van der Waals surface area contributed by atoms with Crippen LogP contribution in [0.1, 0.15) is 15.9 Å². The molecule has 2 aromatic carbocycles. The first-order chi connectivity index (χ1) is 10.1. The highest BCUT2D eigenvalue weighted by molar-refractivity contribution is 5.94. The molecule has 0 saturated heterocycles. The van der Waals surface area contributed by atoms with Crippen LogP contribution in [0.3, 0.4) is 0 Å². The molecule has 0 aliphatic heterocycles. The van der Waals surface area contributed by atoms with Gasteiger partial charge < -0.3 is 10.5 Å². The third-order valence-electron chi connectivity index (χ3n) is 3.02. The molecule has 21 heavy (non-hydrogen) atoms. The zero-order valence-electron chi connectivity index (χ0n) is 11.7. The van der Waals surface area contributed by atoms with Crippen LogP contribution >= 0.6 is 0 Å². The number of hydrogen-bond acceptors (Lipinski definition) is 3. The van der Waals surface area contributed by atoms with Crippen LogP contribution in [0.2, 0.25) is 0 Å². The van der Waals surface area contributed by atoms with Crippen LogP contribution in [0.15, 0.2) is 54.6 Å². The van der Waals surface area contributed by atoms with Crippen molar-refractivity contribution >= 4 is 17.7 Å². The monoisotopic (exact) mass is 284 g/mol. The van der Waals surface area contributed by atoms with E-state index >= 15 is 0 Å². The lowest BCUT2D eigenvalue weighted by Crippen LogP contribution is -2.27. The zero-order chi connectivity index (χ0) is 15.2. The molecular weight excluding hydrogens is 268 g/mol. The maximum atomic E-state index is 11.9. The third-order valence-corrected chi connectivity index (χ3v) is 3.02. The molecule has 0 aromatic heterocycles. The molecule has 0 aliphatic rings. The van der Waals surface area contributed by atoms with Crippen LogP contribution in [0.25, 0.3) is 0 Å². The largest absolute Gasteiger partial charge is 0.444 e. The van der Waals surface area contributed by atoms with E-state index in [1.165, 1.54) is 4.90 Å². The Bertz CT molecular complexity index is 624. The van der Waals surface area contributed by atoms with Crippen molar-refractivity contribution in [3.63, 3.8) is 0 Å². The average Bonchev–Trinajstić information content (AvgIpc) is 2.53. The Morgan fingerprint density at radius 2 is 1.67 bits per heavy atom. The average molecular weight is 284 g/mol. The van der Waals surface area contributed by atoms with Crippen LogP contribution in [-0.4, -0.2) is 19.0 Å². The molecule has 0 bridgehead atoms. The Hall–Kier alpha value is -2.82. The van der Waals surface area contributed by atoms with Gasteiger partial charge in [0.25, 0.3) is 0 Å². The number of ether oxygens (including phenoxy) is 1. The summed E-state index contributed by atoms with van der Waals surface area (Å²) in [5.74, 6) is -0.504. The number of benzene rings is 2. The molecule has 2 rings (SSSR count). The normalized spacial score (nSPS) is 9.95. The van der Waals surface area contributed by atoms with Gasteiger partial charge >= 0.3 is 6.09 Å². The van der Waals surface area contributed by atoms with E-state index in [-0.39, 0.29) is 6.61 Å². The summed E-state index contributed by atoms with van der Waals surface area (Å²) in [7, 11) is 1.60. The lowest BCUT2D eigenvalue weighted by Gasteiger charge is -2.17. The van der Waals surface area contributed by atoms with Crippen molar-refractivity contribution in [1.29, 1.82) is 0 Å². The van der Waals surface area contributed by atoms with E-state index in [9.17, 15) is 9.59 Å². The van der Waals surface area contributed by atoms with Crippen LogP contribution in [-0.2, 0) is 11.3 Å². The second kappa shape index (κ2) is 6.56. The Balaban J connectivity index is 1.97. The van der Waals surface area contributed by atoms with Crippen LogP contribution < -0.4 is 10.6 Å². The van der Waals surface area contributed by atoms with E-state index in [1.807, 2.05) is 30.3 Å². The molecule has 5 nitrogen and oxygen atoms in total. The molecule has 0 fully saturated rings. The minimum Gasteiger partial charge on any atom is -0.444 e. The SMILES string of the molecule is CN(C(=O)OCc1ccccc1)c1ccc(C(N)=O)cc1. The predicted molar refractivity (Wildman–Crippen MR) is 80.0 cm³/mol. The number of nitrogens with zero attached hydrogens (tertiary/aromatic N) is 1. The van der Waals surface area contributed by atoms with Gasteiger partial charge in [0.15, 0.2) is 0 Å². The highest BCUT2D eigenvalue weighted by Crippen LogP contribution is 2.15. The minimum atomic E-state index is -0.504. The first-order valence-corrected chi connectivity index (χ1v) is 6.42. The molecule has 0 aliphatic carbocycles. The maximum Gasteiger partial charge on any atom is 0.414 e. The van der Waals surface area contributed by atoms with E-state index in [1.54, 1.807) is 31.3 Å². The number of amides is 2. The van der Waals surface area contributed by atoms with Crippen LogP contribution in [0.5, 0.6) is 0 Å². The van der Waals surface area contributed by atoms with E-state index in [0.717, 1.165) is 5.56 Å². The minimum absolute atomic E-state index is 0.212.